The molecule has 112 valence electrons. The first kappa shape index (κ1) is 18.1. The van der Waals surface area contributed by atoms with Crippen LogP contribution in [0.5, 0.6) is 0 Å². The molecule has 0 bridgehead atoms. The van der Waals surface area contributed by atoms with E-state index in [-0.39, 0.29) is 0 Å². The van der Waals surface area contributed by atoms with Gasteiger partial charge in [0.25, 0.3) is 5.91 Å². The van der Waals surface area contributed by atoms with E-state index in [1.807, 2.05) is 5.32 Å². The van der Waals surface area contributed by atoms with E-state index < -0.39 is 35.6 Å². The highest BCUT2D eigenvalue weighted by Crippen LogP contribution is 2.30. The van der Waals surface area contributed by atoms with Crippen LogP contribution in [-0.2, 0) is 11.0 Å². The molecule has 3 nitrogen and oxygen atoms in total. The van der Waals surface area contributed by atoms with Gasteiger partial charge in [-0.15, -0.1) is 0 Å². The van der Waals surface area contributed by atoms with Crippen molar-refractivity contribution < 1.29 is 27.2 Å². The maximum Gasteiger partial charge on any atom is 0.416 e. The van der Waals surface area contributed by atoms with Crippen molar-refractivity contribution in [2.75, 3.05) is 6.54 Å². The Morgan fingerprint density at radius 2 is 1.85 bits per heavy atom. The summed E-state index contributed by atoms with van der Waals surface area (Å²) in [4.78, 5) is 21.2. The van der Waals surface area contributed by atoms with Crippen LogP contribution >= 0.6 is 0 Å². The lowest BCUT2D eigenvalue weighted by molar-refractivity contribution is -0.137. The minimum Gasteiger partial charge on any atom is -0.345 e. The predicted molar refractivity (Wildman–Crippen MR) is 65.8 cm³/mol. The van der Waals surface area contributed by atoms with E-state index in [4.69, 9.17) is 0 Å². The molecular formula is C13H15F4NO2. The fourth-order valence-electron chi connectivity index (χ4n) is 1.11. The van der Waals surface area contributed by atoms with Crippen molar-refractivity contribution in [1.82, 2.24) is 5.32 Å². The van der Waals surface area contributed by atoms with Gasteiger partial charge >= 0.3 is 6.18 Å². The summed E-state index contributed by atoms with van der Waals surface area (Å²) in [6.45, 7) is 3.86. The molecule has 1 N–H and O–H groups in total. The van der Waals surface area contributed by atoms with E-state index in [0.717, 1.165) is 0 Å². The first-order chi connectivity index (χ1) is 9.27. The molecule has 1 aromatic carbocycles. The minimum atomic E-state index is -4.66. The fraction of sp³-hybridized carbons (Fsp3) is 0.385. The van der Waals surface area contributed by atoms with E-state index >= 15 is 0 Å². The summed E-state index contributed by atoms with van der Waals surface area (Å²) < 4.78 is 50.0. The lowest BCUT2D eigenvalue weighted by atomic mass is 10.1. The topological polar surface area (TPSA) is 46.2 Å². The average molecular weight is 293 g/mol. The number of rotatable bonds is 3. The van der Waals surface area contributed by atoms with Gasteiger partial charge in [0.15, 0.2) is 0 Å². The van der Waals surface area contributed by atoms with Gasteiger partial charge in [-0.25, -0.2) is 4.39 Å². The van der Waals surface area contributed by atoms with Gasteiger partial charge in [-0.1, -0.05) is 20.3 Å². The molecule has 0 spiro atoms. The molecule has 1 aromatic rings. The SMILES string of the molecule is CCC.O=CCNC(=O)c1cc(C(F)(F)F)ccc1F. The molecule has 0 heterocycles. The van der Waals surface area contributed by atoms with E-state index in [1.54, 1.807) is 0 Å². The zero-order chi connectivity index (χ0) is 15.8. The molecule has 0 fully saturated rings. The second-order valence-electron chi connectivity index (χ2n) is 3.78. The summed E-state index contributed by atoms with van der Waals surface area (Å²) in [5.41, 5.74) is -1.88. The number of benzene rings is 1. The normalized spacial score (nSPS) is 10.3. The van der Waals surface area contributed by atoms with Crippen molar-refractivity contribution in [3.63, 3.8) is 0 Å². The third kappa shape index (κ3) is 5.81. The Kier molecular flexibility index (Phi) is 7.49. The molecule has 0 aromatic heterocycles. The molecule has 1 rings (SSSR count). The molecule has 0 unspecified atom stereocenters. The zero-order valence-electron chi connectivity index (χ0n) is 11.1. The lowest BCUT2D eigenvalue weighted by Crippen LogP contribution is -2.26. The summed E-state index contributed by atoms with van der Waals surface area (Å²) in [5, 5.41) is 1.95. The molecule has 0 saturated carbocycles. The average Bonchev–Trinajstić information content (AvgIpc) is 2.36. The maximum absolute atomic E-state index is 13.1. The summed E-state index contributed by atoms with van der Waals surface area (Å²) in [5.74, 6) is -2.15. The maximum atomic E-state index is 13.1. The molecular weight excluding hydrogens is 278 g/mol. The number of halogens is 4. The Morgan fingerprint density at radius 1 is 1.30 bits per heavy atom. The van der Waals surface area contributed by atoms with Crippen LogP contribution in [0.15, 0.2) is 18.2 Å². The van der Waals surface area contributed by atoms with Gasteiger partial charge in [0.2, 0.25) is 0 Å². The van der Waals surface area contributed by atoms with Gasteiger partial charge in [-0.2, -0.15) is 13.2 Å². The summed E-state index contributed by atoms with van der Waals surface area (Å²) in [7, 11) is 0. The van der Waals surface area contributed by atoms with Crippen LogP contribution < -0.4 is 5.32 Å². The number of nitrogens with one attached hydrogen (secondary N) is 1. The van der Waals surface area contributed by atoms with Crippen LogP contribution in [0.2, 0.25) is 0 Å². The minimum absolute atomic E-state index is 0.337. The zero-order valence-corrected chi connectivity index (χ0v) is 11.1. The van der Waals surface area contributed by atoms with Gasteiger partial charge in [-0.3, -0.25) is 4.79 Å². The highest BCUT2D eigenvalue weighted by Gasteiger charge is 2.31. The number of carbonyl (C=O) groups excluding carboxylic acids is 2. The monoisotopic (exact) mass is 293 g/mol. The third-order valence-corrected chi connectivity index (χ3v) is 1.88. The Morgan fingerprint density at radius 3 is 2.30 bits per heavy atom. The number of hydrogen-bond acceptors (Lipinski definition) is 2. The molecule has 0 aliphatic rings. The van der Waals surface area contributed by atoms with Gasteiger partial charge < -0.3 is 10.1 Å². The quantitative estimate of drug-likeness (QED) is 0.687. The van der Waals surface area contributed by atoms with Crippen LogP contribution in [0.3, 0.4) is 0 Å². The summed E-state index contributed by atoms with van der Waals surface area (Å²) in [6, 6.07) is 1.49. The molecule has 20 heavy (non-hydrogen) atoms. The molecule has 0 aliphatic heterocycles. The van der Waals surface area contributed by atoms with E-state index in [2.05, 4.69) is 13.8 Å². The first-order valence-electron chi connectivity index (χ1n) is 5.86. The largest absolute Gasteiger partial charge is 0.416 e. The first-order valence-corrected chi connectivity index (χ1v) is 5.86. The standard InChI is InChI=1S/C10H7F4NO2.C3H8/c11-8-2-1-6(10(12,13)14)5-7(8)9(17)15-3-4-16;1-3-2/h1-2,4-5H,3H2,(H,15,17);3H2,1-2H3. The second-order valence-corrected chi connectivity index (χ2v) is 3.78. The smallest absolute Gasteiger partial charge is 0.345 e. The highest BCUT2D eigenvalue weighted by molar-refractivity contribution is 5.95. The van der Waals surface area contributed by atoms with Crippen molar-refractivity contribution >= 4 is 12.2 Å². The van der Waals surface area contributed by atoms with Gasteiger partial charge in [0.1, 0.15) is 12.1 Å². The summed E-state index contributed by atoms with van der Waals surface area (Å²) in [6.07, 6.45) is -3.07. The van der Waals surface area contributed by atoms with Crippen molar-refractivity contribution in [3.8, 4) is 0 Å². The number of alkyl halides is 3. The van der Waals surface area contributed by atoms with Crippen molar-refractivity contribution in [2.24, 2.45) is 0 Å². The molecule has 0 radical (unpaired) electrons. The predicted octanol–water partition coefficient (Wildman–Crippen LogP) is 3.19. The number of aldehydes is 1. The Bertz CT molecular complexity index is 458. The highest BCUT2D eigenvalue weighted by atomic mass is 19.4. The van der Waals surface area contributed by atoms with Crippen LogP contribution in [0, 0.1) is 5.82 Å². The van der Waals surface area contributed by atoms with Crippen LogP contribution in [0.25, 0.3) is 0 Å². The number of amides is 1. The molecule has 0 atom stereocenters. The van der Waals surface area contributed by atoms with E-state index in [0.29, 0.717) is 24.5 Å². The molecule has 0 aliphatic carbocycles. The molecule has 7 heteroatoms. The Hall–Kier alpha value is -1.92. The van der Waals surface area contributed by atoms with E-state index in [9.17, 15) is 27.2 Å². The second kappa shape index (κ2) is 8.29. The van der Waals surface area contributed by atoms with E-state index in [1.165, 1.54) is 6.42 Å². The lowest BCUT2D eigenvalue weighted by Gasteiger charge is -2.09. The van der Waals surface area contributed by atoms with Gasteiger partial charge in [0, 0.05) is 0 Å². The van der Waals surface area contributed by atoms with Crippen molar-refractivity contribution in [2.45, 2.75) is 26.4 Å². The molecule has 0 saturated heterocycles. The fourth-order valence-corrected chi connectivity index (χ4v) is 1.11. The Labute approximate surface area is 114 Å². The number of hydrogen-bond donors (Lipinski definition) is 1. The third-order valence-electron chi connectivity index (χ3n) is 1.88. The van der Waals surface area contributed by atoms with Gasteiger partial charge in [-0.05, 0) is 18.2 Å². The van der Waals surface area contributed by atoms with Gasteiger partial charge in [0.05, 0.1) is 17.7 Å². The molecule has 1 amide bonds. The van der Waals surface area contributed by atoms with Crippen LogP contribution in [-0.4, -0.2) is 18.7 Å². The van der Waals surface area contributed by atoms with Crippen LogP contribution in [0.1, 0.15) is 36.2 Å². The van der Waals surface area contributed by atoms with Crippen molar-refractivity contribution in [1.29, 1.82) is 0 Å². The summed E-state index contributed by atoms with van der Waals surface area (Å²) >= 11 is 0. The number of carbonyl (C=O) groups is 2. The van der Waals surface area contributed by atoms with Crippen LogP contribution in [0.4, 0.5) is 17.6 Å². The Balaban J connectivity index is 0.00000110. The van der Waals surface area contributed by atoms with Crippen molar-refractivity contribution in [3.05, 3.63) is 35.1 Å².